The molecule has 17 heavy (non-hydrogen) atoms. The van der Waals surface area contributed by atoms with Gasteiger partial charge in [-0.15, -0.1) is 0 Å². The van der Waals surface area contributed by atoms with Gasteiger partial charge < -0.3 is 19.3 Å². The number of aliphatic hydroxyl groups excluding tert-OH is 1. The standard InChI is InChI=1S/C11H17O5P/c1-3-15-17(14,16-4-2)11-7-9(8-12)5-6-10(11)13/h5-7,12-13H,3-4,8H2,1-2H3. The molecule has 0 aliphatic heterocycles. The minimum Gasteiger partial charge on any atom is -0.507 e. The molecule has 0 amide bonds. The summed E-state index contributed by atoms with van der Waals surface area (Å²) in [6.07, 6.45) is 0. The van der Waals surface area contributed by atoms with E-state index in [2.05, 4.69) is 0 Å². The molecule has 1 aromatic carbocycles. The maximum atomic E-state index is 12.4. The Balaban J connectivity index is 3.21. The van der Waals surface area contributed by atoms with E-state index in [1.807, 2.05) is 0 Å². The van der Waals surface area contributed by atoms with Crippen molar-refractivity contribution >= 4 is 12.9 Å². The van der Waals surface area contributed by atoms with E-state index in [1.165, 1.54) is 12.1 Å². The van der Waals surface area contributed by atoms with Crippen LogP contribution in [0.4, 0.5) is 0 Å². The second-order valence-electron chi connectivity index (χ2n) is 3.31. The molecule has 5 nitrogen and oxygen atoms in total. The Morgan fingerprint density at radius 2 is 1.82 bits per heavy atom. The van der Waals surface area contributed by atoms with E-state index < -0.39 is 7.60 Å². The van der Waals surface area contributed by atoms with Crippen molar-refractivity contribution in [2.45, 2.75) is 20.5 Å². The molecule has 1 aromatic rings. The Morgan fingerprint density at radius 1 is 1.24 bits per heavy atom. The first-order valence-electron chi connectivity index (χ1n) is 5.39. The van der Waals surface area contributed by atoms with Crippen molar-refractivity contribution in [3.8, 4) is 5.75 Å². The molecule has 0 fully saturated rings. The van der Waals surface area contributed by atoms with Crippen LogP contribution < -0.4 is 5.30 Å². The van der Waals surface area contributed by atoms with Gasteiger partial charge in [0, 0.05) is 0 Å². The molecular weight excluding hydrogens is 243 g/mol. The summed E-state index contributed by atoms with van der Waals surface area (Å²) in [7, 11) is -3.51. The second-order valence-corrected chi connectivity index (χ2v) is 5.31. The van der Waals surface area contributed by atoms with Gasteiger partial charge >= 0.3 is 7.60 Å². The molecule has 0 aliphatic carbocycles. The number of phenolic OH excluding ortho intramolecular Hbond substituents is 1. The fourth-order valence-electron chi connectivity index (χ4n) is 1.40. The molecule has 0 saturated heterocycles. The Kier molecular flexibility index (Phi) is 5.15. The maximum Gasteiger partial charge on any atom is 0.365 e. The first-order valence-corrected chi connectivity index (χ1v) is 6.94. The van der Waals surface area contributed by atoms with Crippen molar-refractivity contribution in [1.82, 2.24) is 0 Å². The van der Waals surface area contributed by atoms with Crippen molar-refractivity contribution in [2.24, 2.45) is 0 Å². The lowest BCUT2D eigenvalue weighted by Gasteiger charge is -2.18. The Labute approximate surface area is 101 Å². The van der Waals surface area contributed by atoms with Crippen LogP contribution in [0, 0.1) is 0 Å². The maximum absolute atomic E-state index is 12.4. The molecule has 0 radical (unpaired) electrons. The largest absolute Gasteiger partial charge is 0.507 e. The zero-order valence-electron chi connectivity index (χ0n) is 9.92. The van der Waals surface area contributed by atoms with E-state index >= 15 is 0 Å². The average Bonchev–Trinajstić information content (AvgIpc) is 2.30. The quantitative estimate of drug-likeness (QED) is 0.762. The summed E-state index contributed by atoms with van der Waals surface area (Å²) in [6.45, 7) is 3.60. The number of rotatable bonds is 6. The van der Waals surface area contributed by atoms with Crippen LogP contribution in [0.5, 0.6) is 5.75 Å². The van der Waals surface area contributed by atoms with Gasteiger partial charge in [-0.1, -0.05) is 6.07 Å². The molecule has 0 bridgehead atoms. The summed E-state index contributed by atoms with van der Waals surface area (Å²) in [4.78, 5) is 0. The minimum absolute atomic E-state index is 0.0905. The number of aliphatic hydroxyl groups is 1. The molecule has 1 rings (SSSR count). The fourth-order valence-corrected chi connectivity index (χ4v) is 3.11. The van der Waals surface area contributed by atoms with Gasteiger partial charge in [-0.2, -0.15) is 0 Å². The van der Waals surface area contributed by atoms with E-state index in [-0.39, 0.29) is 30.9 Å². The topological polar surface area (TPSA) is 76.0 Å². The van der Waals surface area contributed by atoms with Gasteiger partial charge in [-0.25, -0.2) is 0 Å². The Hall–Kier alpha value is -0.870. The van der Waals surface area contributed by atoms with Crippen LogP contribution in [-0.2, 0) is 20.2 Å². The third kappa shape index (κ3) is 3.30. The number of hydrogen-bond acceptors (Lipinski definition) is 5. The average molecular weight is 260 g/mol. The SMILES string of the molecule is CCOP(=O)(OCC)c1cc(CO)ccc1O. The normalized spacial score (nSPS) is 11.7. The molecule has 0 spiro atoms. The summed E-state index contributed by atoms with van der Waals surface area (Å²) in [5.74, 6) is -0.160. The zero-order chi connectivity index (χ0) is 12.9. The van der Waals surface area contributed by atoms with Crippen LogP contribution in [0.2, 0.25) is 0 Å². The van der Waals surface area contributed by atoms with Gasteiger partial charge in [0.05, 0.1) is 19.8 Å². The van der Waals surface area contributed by atoms with Crippen molar-refractivity contribution in [2.75, 3.05) is 13.2 Å². The molecule has 0 atom stereocenters. The highest BCUT2D eigenvalue weighted by molar-refractivity contribution is 7.62. The molecule has 0 heterocycles. The van der Waals surface area contributed by atoms with Crippen LogP contribution in [-0.4, -0.2) is 23.4 Å². The highest BCUT2D eigenvalue weighted by Gasteiger charge is 2.30. The van der Waals surface area contributed by atoms with Gasteiger partial charge in [0.2, 0.25) is 0 Å². The van der Waals surface area contributed by atoms with Crippen LogP contribution in [0.1, 0.15) is 19.4 Å². The summed E-state index contributed by atoms with van der Waals surface area (Å²) in [6, 6.07) is 4.34. The first kappa shape index (κ1) is 14.2. The van der Waals surface area contributed by atoms with Gasteiger partial charge in [0.25, 0.3) is 0 Å². The number of benzene rings is 1. The van der Waals surface area contributed by atoms with Gasteiger partial charge in [-0.05, 0) is 31.5 Å². The summed E-state index contributed by atoms with van der Waals surface area (Å²) in [5.41, 5.74) is 0.539. The monoisotopic (exact) mass is 260 g/mol. The lowest BCUT2D eigenvalue weighted by molar-refractivity contribution is 0.229. The van der Waals surface area contributed by atoms with Crippen molar-refractivity contribution in [3.05, 3.63) is 23.8 Å². The molecule has 0 aromatic heterocycles. The van der Waals surface area contributed by atoms with Crippen LogP contribution >= 0.6 is 7.60 Å². The van der Waals surface area contributed by atoms with Crippen LogP contribution in [0.25, 0.3) is 0 Å². The number of aromatic hydroxyl groups is 1. The Bertz CT molecular complexity index is 408. The number of hydrogen-bond donors (Lipinski definition) is 2. The van der Waals surface area contributed by atoms with E-state index in [0.717, 1.165) is 0 Å². The number of phenols is 1. The highest BCUT2D eigenvalue weighted by atomic mass is 31.2. The van der Waals surface area contributed by atoms with Crippen LogP contribution in [0.15, 0.2) is 18.2 Å². The van der Waals surface area contributed by atoms with E-state index in [9.17, 15) is 9.67 Å². The summed E-state index contributed by atoms with van der Waals surface area (Å²) >= 11 is 0. The summed E-state index contributed by atoms with van der Waals surface area (Å²) in [5, 5.41) is 18.8. The van der Waals surface area contributed by atoms with Crippen molar-refractivity contribution < 1.29 is 23.8 Å². The smallest absolute Gasteiger partial charge is 0.365 e. The highest BCUT2D eigenvalue weighted by Crippen LogP contribution is 2.49. The van der Waals surface area contributed by atoms with E-state index in [4.69, 9.17) is 14.2 Å². The molecule has 0 saturated carbocycles. The Morgan fingerprint density at radius 3 is 2.29 bits per heavy atom. The van der Waals surface area contributed by atoms with Crippen molar-refractivity contribution in [3.63, 3.8) is 0 Å². The predicted molar refractivity (Wildman–Crippen MR) is 64.5 cm³/mol. The fraction of sp³-hybridized carbons (Fsp3) is 0.455. The lowest BCUT2D eigenvalue weighted by atomic mass is 10.2. The molecule has 0 aliphatic rings. The molecular formula is C11H17O5P. The van der Waals surface area contributed by atoms with E-state index in [0.29, 0.717) is 5.56 Å². The molecule has 2 N–H and O–H groups in total. The van der Waals surface area contributed by atoms with Gasteiger partial charge in [0.1, 0.15) is 11.1 Å². The molecule has 6 heteroatoms. The minimum atomic E-state index is -3.51. The second kappa shape index (κ2) is 6.17. The first-order chi connectivity index (χ1) is 8.07. The van der Waals surface area contributed by atoms with Gasteiger partial charge in [0.15, 0.2) is 0 Å². The third-order valence-electron chi connectivity index (χ3n) is 2.12. The molecule has 96 valence electrons. The molecule has 0 unspecified atom stereocenters. The van der Waals surface area contributed by atoms with Crippen LogP contribution in [0.3, 0.4) is 0 Å². The van der Waals surface area contributed by atoms with Crippen molar-refractivity contribution in [1.29, 1.82) is 0 Å². The predicted octanol–water partition coefficient (Wildman–Crippen LogP) is 1.78. The van der Waals surface area contributed by atoms with Gasteiger partial charge in [-0.3, -0.25) is 4.57 Å². The lowest BCUT2D eigenvalue weighted by Crippen LogP contribution is -2.12. The van der Waals surface area contributed by atoms with E-state index in [1.54, 1.807) is 19.9 Å². The summed E-state index contributed by atoms with van der Waals surface area (Å²) < 4.78 is 22.7. The third-order valence-corrected chi connectivity index (χ3v) is 4.26. The zero-order valence-corrected chi connectivity index (χ0v) is 10.8.